The van der Waals surface area contributed by atoms with Crippen LogP contribution < -0.4 is 11.1 Å². The second kappa shape index (κ2) is 8.96. The number of nitrogens with zero attached hydrogens (tertiary/aromatic N) is 3. The van der Waals surface area contributed by atoms with E-state index in [1.807, 2.05) is 0 Å². The maximum absolute atomic E-state index is 13.6. The largest absolute Gasteiger partial charge is 0.383 e. The smallest absolute Gasteiger partial charge is 0.261 e. The SMILES string of the molecule is Cn1nc(C2CC3CN(C(=O)c4cccc(F)c4)CC3C2)c(C(=O)Nc2ccc(F)c(Cl)c2)c1N. The van der Waals surface area contributed by atoms with Gasteiger partial charge in [0.15, 0.2) is 0 Å². The lowest BCUT2D eigenvalue weighted by Crippen LogP contribution is -2.30. The van der Waals surface area contributed by atoms with Crippen LogP contribution in [0.5, 0.6) is 0 Å². The minimum atomic E-state index is -0.575. The molecule has 1 saturated carbocycles. The van der Waals surface area contributed by atoms with Crippen LogP contribution in [0.25, 0.3) is 0 Å². The van der Waals surface area contributed by atoms with Gasteiger partial charge in [0.25, 0.3) is 11.8 Å². The van der Waals surface area contributed by atoms with E-state index in [0.29, 0.717) is 35.6 Å². The summed E-state index contributed by atoms with van der Waals surface area (Å²) in [5, 5.41) is 7.19. The molecule has 3 aromatic rings. The number of anilines is 2. The zero-order valence-corrected chi connectivity index (χ0v) is 19.7. The van der Waals surface area contributed by atoms with Crippen molar-refractivity contribution >= 4 is 34.9 Å². The molecule has 2 atom stereocenters. The van der Waals surface area contributed by atoms with Crippen molar-refractivity contribution in [2.45, 2.75) is 18.8 Å². The summed E-state index contributed by atoms with van der Waals surface area (Å²) in [5.74, 6) is -0.850. The van der Waals surface area contributed by atoms with Crippen LogP contribution in [0.3, 0.4) is 0 Å². The van der Waals surface area contributed by atoms with Crippen LogP contribution in [0, 0.1) is 23.5 Å². The third-order valence-corrected chi connectivity index (χ3v) is 7.31. The molecule has 1 saturated heterocycles. The Morgan fingerprint density at radius 3 is 2.49 bits per heavy atom. The lowest BCUT2D eigenvalue weighted by Gasteiger charge is -2.19. The molecule has 2 heterocycles. The Morgan fingerprint density at radius 2 is 1.83 bits per heavy atom. The van der Waals surface area contributed by atoms with Gasteiger partial charge in [-0.2, -0.15) is 5.10 Å². The molecule has 5 rings (SSSR count). The third-order valence-electron chi connectivity index (χ3n) is 7.02. The lowest BCUT2D eigenvalue weighted by atomic mass is 9.97. The van der Waals surface area contributed by atoms with Gasteiger partial charge in [0.2, 0.25) is 0 Å². The van der Waals surface area contributed by atoms with Gasteiger partial charge in [-0.15, -0.1) is 0 Å². The fraction of sp³-hybridized carbons (Fsp3) is 0.320. The molecule has 10 heteroatoms. The molecule has 2 aromatic carbocycles. The molecule has 1 aromatic heterocycles. The van der Waals surface area contributed by atoms with Gasteiger partial charge in [-0.3, -0.25) is 14.3 Å². The number of carbonyl (C=O) groups is 2. The van der Waals surface area contributed by atoms with Crippen LogP contribution in [-0.2, 0) is 7.05 Å². The molecule has 0 radical (unpaired) electrons. The summed E-state index contributed by atoms with van der Waals surface area (Å²) in [6.07, 6.45) is 1.52. The number of nitrogen functional groups attached to an aromatic ring is 1. The summed E-state index contributed by atoms with van der Waals surface area (Å²) in [7, 11) is 1.68. The Bertz CT molecular complexity index is 1310. The third kappa shape index (κ3) is 4.36. The molecular formula is C25H24ClF2N5O2. The number of halogens is 3. The average Bonchev–Trinajstić information content (AvgIpc) is 3.48. The highest BCUT2D eigenvalue weighted by molar-refractivity contribution is 6.31. The molecule has 7 nitrogen and oxygen atoms in total. The number of aromatic nitrogens is 2. The van der Waals surface area contributed by atoms with Crippen molar-refractivity contribution in [2.75, 3.05) is 24.1 Å². The van der Waals surface area contributed by atoms with Gasteiger partial charge in [-0.1, -0.05) is 17.7 Å². The van der Waals surface area contributed by atoms with Crippen molar-refractivity contribution in [2.24, 2.45) is 18.9 Å². The molecule has 0 bridgehead atoms. The number of hydrogen-bond donors (Lipinski definition) is 2. The predicted octanol–water partition coefficient (Wildman–Crippen LogP) is 4.45. The number of rotatable bonds is 4. The molecule has 182 valence electrons. The van der Waals surface area contributed by atoms with Crippen molar-refractivity contribution in [1.82, 2.24) is 14.7 Å². The number of nitrogens with two attached hydrogens (primary N) is 1. The maximum atomic E-state index is 13.6. The van der Waals surface area contributed by atoms with Gasteiger partial charge in [0.05, 0.1) is 10.7 Å². The standard InChI is InChI=1S/C25H24ClF2N5O2/c1-32-23(29)21(24(34)30-18-5-6-20(28)19(26)10-18)22(31-32)14-7-15-11-33(12-16(15)8-14)25(35)13-3-2-4-17(27)9-13/h2-6,9-10,14-16H,7-8,11-12,29H2,1H3,(H,30,34). The molecule has 0 spiro atoms. The Morgan fingerprint density at radius 1 is 1.11 bits per heavy atom. The van der Waals surface area contributed by atoms with Crippen LogP contribution >= 0.6 is 11.6 Å². The topological polar surface area (TPSA) is 93.2 Å². The molecule has 1 aliphatic carbocycles. The summed E-state index contributed by atoms with van der Waals surface area (Å²) in [5.41, 5.74) is 7.82. The molecule has 1 aliphatic heterocycles. The van der Waals surface area contributed by atoms with Gasteiger partial charge in [0, 0.05) is 37.3 Å². The summed E-state index contributed by atoms with van der Waals surface area (Å²) in [6.45, 7) is 1.16. The zero-order valence-electron chi connectivity index (χ0n) is 19.0. The van der Waals surface area contributed by atoms with Gasteiger partial charge < -0.3 is 16.0 Å². The molecule has 2 unspecified atom stereocenters. The quantitative estimate of drug-likeness (QED) is 0.554. The van der Waals surface area contributed by atoms with E-state index in [2.05, 4.69) is 10.4 Å². The first-order valence-electron chi connectivity index (χ1n) is 11.3. The lowest BCUT2D eigenvalue weighted by molar-refractivity contribution is 0.0779. The zero-order chi connectivity index (χ0) is 24.9. The highest BCUT2D eigenvalue weighted by atomic mass is 35.5. The fourth-order valence-electron chi connectivity index (χ4n) is 5.34. The normalized spacial score (nSPS) is 21.3. The number of benzene rings is 2. The molecule has 2 fully saturated rings. The highest BCUT2D eigenvalue weighted by Crippen LogP contribution is 2.47. The van der Waals surface area contributed by atoms with E-state index < -0.39 is 17.5 Å². The van der Waals surface area contributed by atoms with Crippen molar-refractivity contribution in [3.05, 3.63) is 75.9 Å². The number of aryl methyl sites for hydroxylation is 1. The second-order valence-electron chi connectivity index (χ2n) is 9.26. The van der Waals surface area contributed by atoms with Gasteiger partial charge in [-0.25, -0.2) is 8.78 Å². The van der Waals surface area contributed by atoms with E-state index in [0.717, 1.165) is 12.8 Å². The second-order valence-corrected chi connectivity index (χ2v) is 9.67. The first-order chi connectivity index (χ1) is 16.7. The Hall–Kier alpha value is -3.46. The van der Waals surface area contributed by atoms with E-state index in [9.17, 15) is 18.4 Å². The van der Waals surface area contributed by atoms with Gasteiger partial charge >= 0.3 is 0 Å². The number of hydrogen-bond acceptors (Lipinski definition) is 4. The maximum Gasteiger partial charge on any atom is 0.261 e. The fourth-order valence-corrected chi connectivity index (χ4v) is 5.52. The van der Waals surface area contributed by atoms with Crippen LogP contribution in [0.15, 0.2) is 42.5 Å². The van der Waals surface area contributed by atoms with E-state index in [-0.39, 0.29) is 34.5 Å². The summed E-state index contributed by atoms with van der Waals surface area (Å²) >= 11 is 5.83. The van der Waals surface area contributed by atoms with E-state index in [4.69, 9.17) is 17.3 Å². The molecular weight excluding hydrogens is 476 g/mol. The van der Waals surface area contributed by atoms with Crippen molar-refractivity contribution in [3.63, 3.8) is 0 Å². The minimum absolute atomic E-state index is 0.0116. The first-order valence-corrected chi connectivity index (χ1v) is 11.7. The van der Waals surface area contributed by atoms with Crippen LogP contribution in [-0.4, -0.2) is 39.6 Å². The highest BCUT2D eigenvalue weighted by Gasteiger charge is 2.45. The number of nitrogens with one attached hydrogen (secondary N) is 1. The average molecular weight is 500 g/mol. The van der Waals surface area contributed by atoms with E-state index in [1.165, 1.54) is 41.1 Å². The van der Waals surface area contributed by atoms with Crippen molar-refractivity contribution < 1.29 is 18.4 Å². The van der Waals surface area contributed by atoms with E-state index in [1.54, 1.807) is 18.0 Å². The molecule has 3 N–H and O–H groups in total. The molecule has 2 amide bonds. The Balaban J connectivity index is 1.31. The monoisotopic (exact) mass is 499 g/mol. The van der Waals surface area contributed by atoms with Crippen LogP contribution in [0.2, 0.25) is 5.02 Å². The van der Waals surface area contributed by atoms with E-state index >= 15 is 0 Å². The van der Waals surface area contributed by atoms with Crippen LogP contribution in [0.1, 0.15) is 45.2 Å². The van der Waals surface area contributed by atoms with Crippen molar-refractivity contribution in [1.29, 1.82) is 0 Å². The summed E-state index contributed by atoms with van der Waals surface area (Å²) in [6, 6.07) is 9.68. The van der Waals surface area contributed by atoms with Gasteiger partial charge in [-0.05, 0) is 61.1 Å². The predicted molar refractivity (Wildman–Crippen MR) is 128 cm³/mol. The number of likely N-dealkylation sites (tertiary alicyclic amines) is 1. The summed E-state index contributed by atoms with van der Waals surface area (Å²) in [4.78, 5) is 27.7. The minimum Gasteiger partial charge on any atom is -0.383 e. The number of carbonyl (C=O) groups excluding carboxylic acids is 2. The number of amides is 2. The number of fused-ring (bicyclic) bond motifs is 1. The summed E-state index contributed by atoms with van der Waals surface area (Å²) < 4.78 is 28.5. The molecule has 2 aliphatic rings. The van der Waals surface area contributed by atoms with Gasteiger partial charge in [0.1, 0.15) is 23.0 Å². The van der Waals surface area contributed by atoms with Crippen LogP contribution in [0.4, 0.5) is 20.3 Å². The Labute approximate surface area is 205 Å². The Kier molecular flexibility index (Phi) is 5.96. The first kappa shape index (κ1) is 23.3. The molecule has 35 heavy (non-hydrogen) atoms. The van der Waals surface area contributed by atoms with Crippen molar-refractivity contribution in [3.8, 4) is 0 Å².